The number of halogens is 1. The van der Waals surface area contributed by atoms with Crippen molar-refractivity contribution in [2.45, 2.75) is 123 Å². The van der Waals surface area contributed by atoms with Gasteiger partial charge in [-0.05, 0) is 6.42 Å². The summed E-state index contributed by atoms with van der Waals surface area (Å²) in [6.07, 6.45) is 19.9. The number of esters is 2. The molecule has 0 amide bonds. The Morgan fingerprint density at radius 1 is 0.750 bits per heavy atom. The van der Waals surface area contributed by atoms with E-state index in [1.807, 2.05) is 0 Å². The Kier molecular flexibility index (Phi) is 21.1. The highest BCUT2D eigenvalue weighted by Gasteiger charge is 2.13. The first-order valence-electron chi connectivity index (χ1n) is 11.5. The van der Waals surface area contributed by atoms with E-state index in [4.69, 9.17) is 9.47 Å². The van der Waals surface area contributed by atoms with Gasteiger partial charge < -0.3 is 9.47 Å². The Morgan fingerprint density at radius 2 is 1.18 bits per heavy atom. The molecular formula is C23H43IO4. The molecule has 0 unspecified atom stereocenters. The molecule has 0 aromatic rings. The molecule has 0 N–H and O–H groups in total. The molecule has 0 saturated carbocycles. The van der Waals surface area contributed by atoms with Crippen LogP contribution in [0.3, 0.4) is 0 Å². The van der Waals surface area contributed by atoms with Crippen LogP contribution in [0.15, 0.2) is 0 Å². The van der Waals surface area contributed by atoms with Crippen molar-refractivity contribution >= 4 is 34.5 Å². The lowest BCUT2D eigenvalue weighted by molar-refractivity contribution is -0.156. The molecule has 0 heterocycles. The van der Waals surface area contributed by atoms with Crippen molar-refractivity contribution in [1.82, 2.24) is 0 Å². The van der Waals surface area contributed by atoms with Crippen LogP contribution in [0.5, 0.6) is 0 Å². The van der Waals surface area contributed by atoms with E-state index in [1.165, 1.54) is 90.4 Å². The molecule has 0 aromatic heterocycles. The predicted octanol–water partition coefficient (Wildman–Crippen LogP) is 7.16. The molecule has 0 aliphatic heterocycles. The minimum atomic E-state index is -0.333. The largest absolute Gasteiger partial charge is 0.462 e. The second-order valence-corrected chi connectivity index (χ2v) is 8.65. The van der Waals surface area contributed by atoms with Crippen molar-refractivity contribution in [2.24, 2.45) is 0 Å². The van der Waals surface area contributed by atoms with Crippen LogP contribution in [0.4, 0.5) is 0 Å². The molecule has 0 aliphatic carbocycles. The molecule has 0 rings (SSSR count). The summed E-state index contributed by atoms with van der Waals surface area (Å²) >= 11 is 2.13. The fourth-order valence-corrected chi connectivity index (χ4v) is 3.68. The highest BCUT2D eigenvalue weighted by molar-refractivity contribution is 14.1. The fraction of sp³-hybridized carbons (Fsp3) is 0.913. The number of hydrogen-bond donors (Lipinski definition) is 0. The van der Waals surface area contributed by atoms with E-state index in [2.05, 4.69) is 29.5 Å². The molecule has 5 heteroatoms. The zero-order valence-electron chi connectivity index (χ0n) is 18.3. The first-order valence-corrected chi connectivity index (χ1v) is 13.0. The quantitative estimate of drug-likeness (QED) is 0.0755. The zero-order valence-corrected chi connectivity index (χ0v) is 20.5. The van der Waals surface area contributed by atoms with E-state index in [9.17, 15) is 9.59 Å². The molecular weight excluding hydrogens is 467 g/mol. The molecule has 0 bridgehead atoms. The standard InChI is InChI=1S/C23H43IO4/c1-3-4-5-6-7-8-9-10-11-12-13-14-15-16-17-18-23(26)27-20-22(19-24)28-21(2)25/h22H,3-20H2,1-2H3/t22-/m0/s1. The highest BCUT2D eigenvalue weighted by atomic mass is 127. The van der Waals surface area contributed by atoms with Crippen LogP contribution >= 0.6 is 22.6 Å². The van der Waals surface area contributed by atoms with Crippen molar-refractivity contribution in [3.05, 3.63) is 0 Å². The normalized spacial score (nSPS) is 12.0. The van der Waals surface area contributed by atoms with Gasteiger partial charge in [-0.1, -0.05) is 119 Å². The summed E-state index contributed by atoms with van der Waals surface area (Å²) in [5.74, 6) is -0.517. The van der Waals surface area contributed by atoms with Gasteiger partial charge in [0, 0.05) is 17.8 Å². The van der Waals surface area contributed by atoms with Crippen LogP contribution in [0.2, 0.25) is 0 Å². The molecule has 0 saturated heterocycles. The van der Waals surface area contributed by atoms with Gasteiger partial charge in [0.25, 0.3) is 0 Å². The van der Waals surface area contributed by atoms with E-state index in [0.29, 0.717) is 10.8 Å². The van der Waals surface area contributed by atoms with E-state index in [0.717, 1.165) is 12.8 Å². The van der Waals surface area contributed by atoms with Crippen molar-refractivity contribution in [2.75, 3.05) is 11.0 Å². The Morgan fingerprint density at radius 3 is 1.57 bits per heavy atom. The lowest BCUT2D eigenvalue weighted by Crippen LogP contribution is -2.25. The van der Waals surface area contributed by atoms with Gasteiger partial charge in [0.05, 0.1) is 0 Å². The Labute approximate surface area is 187 Å². The number of ether oxygens (including phenoxy) is 2. The predicted molar refractivity (Wildman–Crippen MR) is 125 cm³/mol. The first-order chi connectivity index (χ1) is 13.6. The van der Waals surface area contributed by atoms with Crippen molar-refractivity contribution in [3.63, 3.8) is 0 Å². The molecule has 166 valence electrons. The second kappa shape index (κ2) is 21.4. The molecule has 0 fully saturated rings. The van der Waals surface area contributed by atoms with Crippen molar-refractivity contribution in [1.29, 1.82) is 0 Å². The Hall–Kier alpha value is -0.330. The maximum absolute atomic E-state index is 11.7. The summed E-state index contributed by atoms with van der Waals surface area (Å²) in [4.78, 5) is 22.6. The number of unbranched alkanes of at least 4 members (excludes halogenated alkanes) is 14. The van der Waals surface area contributed by atoms with Crippen LogP contribution in [0.1, 0.15) is 117 Å². The van der Waals surface area contributed by atoms with Crippen LogP contribution in [0.25, 0.3) is 0 Å². The first kappa shape index (κ1) is 27.7. The maximum atomic E-state index is 11.7. The van der Waals surface area contributed by atoms with Gasteiger partial charge in [-0.2, -0.15) is 0 Å². The molecule has 0 aliphatic rings. The average molecular weight is 510 g/mol. The van der Waals surface area contributed by atoms with E-state index < -0.39 is 0 Å². The third kappa shape index (κ3) is 20.4. The number of carbonyl (C=O) groups is 2. The van der Waals surface area contributed by atoms with Gasteiger partial charge in [0.2, 0.25) is 0 Å². The lowest BCUT2D eigenvalue weighted by atomic mass is 10.0. The highest BCUT2D eigenvalue weighted by Crippen LogP contribution is 2.14. The summed E-state index contributed by atoms with van der Waals surface area (Å²) in [6.45, 7) is 3.81. The monoisotopic (exact) mass is 510 g/mol. The van der Waals surface area contributed by atoms with Crippen LogP contribution in [-0.2, 0) is 19.1 Å². The Bertz CT molecular complexity index is 374. The second-order valence-electron chi connectivity index (χ2n) is 7.77. The van der Waals surface area contributed by atoms with Gasteiger partial charge in [0.1, 0.15) is 12.7 Å². The van der Waals surface area contributed by atoms with Gasteiger partial charge in [-0.15, -0.1) is 0 Å². The molecule has 4 nitrogen and oxygen atoms in total. The average Bonchev–Trinajstić information content (AvgIpc) is 2.67. The van der Waals surface area contributed by atoms with Gasteiger partial charge >= 0.3 is 11.9 Å². The fourth-order valence-electron chi connectivity index (χ4n) is 3.24. The van der Waals surface area contributed by atoms with E-state index in [-0.39, 0.29) is 24.6 Å². The smallest absolute Gasteiger partial charge is 0.305 e. The lowest BCUT2D eigenvalue weighted by Gasteiger charge is -2.14. The van der Waals surface area contributed by atoms with E-state index in [1.54, 1.807) is 0 Å². The molecule has 1 atom stereocenters. The minimum Gasteiger partial charge on any atom is -0.462 e. The molecule has 0 spiro atoms. The minimum absolute atomic E-state index is 0.167. The van der Waals surface area contributed by atoms with Crippen molar-refractivity contribution < 1.29 is 19.1 Å². The summed E-state index contributed by atoms with van der Waals surface area (Å²) in [6, 6.07) is 0. The molecule has 0 aromatic carbocycles. The van der Waals surface area contributed by atoms with Crippen LogP contribution in [-0.4, -0.2) is 29.1 Å². The zero-order chi connectivity index (χ0) is 20.9. The van der Waals surface area contributed by atoms with Crippen LogP contribution < -0.4 is 0 Å². The third-order valence-corrected chi connectivity index (χ3v) is 5.90. The molecule has 28 heavy (non-hydrogen) atoms. The van der Waals surface area contributed by atoms with Gasteiger partial charge in [-0.25, -0.2) is 0 Å². The summed E-state index contributed by atoms with van der Waals surface area (Å²) in [5, 5.41) is 0. The Balaban J connectivity index is 3.30. The summed E-state index contributed by atoms with van der Waals surface area (Å²) < 4.78 is 10.9. The topological polar surface area (TPSA) is 52.6 Å². The molecule has 0 radical (unpaired) electrons. The number of hydrogen-bond acceptors (Lipinski definition) is 4. The number of alkyl halides is 1. The number of carbonyl (C=O) groups excluding carboxylic acids is 2. The number of rotatable bonds is 20. The van der Waals surface area contributed by atoms with Gasteiger partial charge in [-0.3, -0.25) is 9.59 Å². The summed E-state index contributed by atoms with van der Waals surface area (Å²) in [5.41, 5.74) is 0. The SMILES string of the molecule is CCCCCCCCCCCCCCCCCC(=O)OC[C@H](CI)OC(C)=O. The third-order valence-electron chi connectivity index (χ3n) is 4.92. The van der Waals surface area contributed by atoms with Gasteiger partial charge in [0.15, 0.2) is 0 Å². The van der Waals surface area contributed by atoms with Crippen LogP contribution in [0, 0.1) is 0 Å². The van der Waals surface area contributed by atoms with Crippen molar-refractivity contribution in [3.8, 4) is 0 Å². The van der Waals surface area contributed by atoms with E-state index >= 15 is 0 Å². The maximum Gasteiger partial charge on any atom is 0.305 e. The summed E-state index contributed by atoms with van der Waals surface area (Å²) in [7, 11) is 0.